The second-order valence-corrected chi connectivity index (χ2v) is 7.21. The number of H-pyrrole nitrogens is 1. The Hall–Kier alpha value is -2.77. The molecule has 0 atom stereocenters. The first-order valence-electron chi connectivity index (χ1n) is 8.57. The van der Waals surface area contributed by atoms with Gasteiger partial charge in [0.05, 0.1) is 12.8 Å². The number of nitrogens with one attached hydrogen (secondary N) is 1. The van der Waals surface area contributed by atoms with Gasteiger partial charge in [-0.15, -0.1) is 0 Å². The summed E-state index contributed by atoms with van der Waals surface area (Å²) in [7, 11) is 1.36. The third kappa shape index (κ3) is 3.58. The number of aromatic amines is 1. The molecular formula is C18H24N4O4. The molecule has 1 aliphatic rings. The fourth-order valence-corrected chi connectivity index (χ4v) is 3.03. The first-order chi connectivity index (χ1) is 12.3. The molecule has 26 heavy (non-hydrogen) atoms. The van der Waals surface area contributed by atoms with Crippen LogP contribution in [0.5, 0.6) is 0 Å². The van der Waals surface area contributed by atoms with E-state index in [4.69, 9.17) is 9.47 Å². The quantitative estimate of drug-likeness (QED) is 0.828. The highest BCUT2D eigenvalue weighted by atomic mass is 16.6. The molecule has 1 fully saturated rings. The van der Waals surface area contributed by atoms with Crippen LogP contribution in [0, 0.1) is 0 Å². The summed E-state index contributed by atoms with van der Waals surface area (Å²) in [5, 5.41) is 0.860. The molecule has 0 saturated carbocycles. The van der Waals surface area contributed by atoms with Crippen LogP contribution >= 0.6 is 0 Å². The number of hydrogen-bond acceptors (Lipinski definition) is 6. The van der Waals surface area contributed by atoms with E-state index in [2.05, 4.69) is 14.9 Å². The lowest BCUT2D eigenvalue weighted by molar-refractivity contribution is 0.0240. The van der Waals surface area contributed by atoms with Crippen LogP contribution in [0.15, 0.2) is 18.5 Å². The van der Waals surface area contributed by atoms with Crippen LogP contribution < -0.4 is 4.90 Å². The number of methoxy groups -OCH3 is 1. The molecule has 8 nitrogen and oxygen atoms in total. The fourth-order valence-electron chi connectivity index (χ4n) is 3.03. The Kier molecular flexibility index (Phi) is 4.76. The molecule has 2 aromatic heterocycles. The largest absolute Gasteiger partial charge is 0.465 e. The minimum Gasteiger partial charge on any atom is -0.465 e. The van der Waals surface area contributed by atoms with Crippen molar-refractivity contribution in [3.05, 3.63) is 24.0 Å². The van der Waals surface area contributed by atoms with Crippen molar-refractivity contribution in [2.75, 3.05) is 38.2 Å². The van der Waals surface area contributed by atoms with Crippen molar-refractivity contribution in [2.45, 2.75) is 26.4 Å². The van der Waals surface area contributed by atoms with Crippen LogP contribution in [0.1, 0.15) is 31.1 Å². The van der Waals surface area contributed by atoms with E-state index < -0.39 is 11.6 Å². The molecule has 2 aromatic rings. The van der Waals surface area contributed by atoms with Crippen molar-refractivity contribution in [3.63, 3.8) is 0 Å². The summed E-state index contributed by atoms with van der Waals surface area (Å²) >= 11 is 0. The Morgan fingerprint density at radius 1 is 1.19 bits per heavy atom. The molecule has 140 valence electrons. The lowest BCUT2D eigenvalue weighted by Gasteiger charge is -2.37. The minimum atomic E-state index is -0.519. The highest BCUT2D eigenvalue weighted by Gasteiger charge is 2.29. The number of pyridine rings is 1. The molecule has 0 aromatic carbocycles. The maximum absolute atomic E-state index is 12.2. The van der Waals surface area contributed by atoms with E-state index in [-0.39, 0.29) is 6.09 Å². The summed E-state index contributed by atoms with van der Waals surface area (Å²) in [6.07, 6.45) is 3.01. The van der Waals surface area contributed by atoms with Crippen LogP contribution in [0.2, 0.25) is 0 Å². The summed E-state index contributed by atoms with van der Waals surface area (Å²) in [5.41, 5.74) is 1.40. The number of piperazine rings is 1. The van der Waals surface area contributed by atoms with Gasteiger partial charge in [0.15, 0.2) is 0 Å². The predicted octanol–water partition coefficient (Wildman–Crippen LogP) is 2.41. The summed E-state index contributed by atoms with van der Waals surface area (Å²) in [6, 6.07) is 1.89. The number of rotatable bonds is 2. The van der Waals surface area contributed by atoms with E-state index in [1.165, 1.54) is 13.3 Å². The minimum absolute atomic E-state index is 0.313. The van der Waals surface area contributed by atoms with Gasteiger partial charge in [0.1, 0.15) is 16.8 Å². The highest BCUT2D eigenvalue weighted by molar-refractivity contribution is 6.04. The second kappa shape index (κ2) is 6.86. The average Bonchev–Trinajstić information content (AvgIpc) is 3.07. The average molecular weight is 360 g/mol. The van der Waals surface area contributed by atoms with Gasteiger partial charge < -0.3 is 24.3 Å². The van der Waals surface area contributed by atoms with E-state index in [1.54, 1.807) is 11.1 Å². The third-order valence-corrected chi connectivity index (χ3v) is 4.21. The first kappa shape index (κ1) is 18.0. The zero-order valence-corrected chi connectivity index (χ0v) is 15.5. The number of aromatic nitrogens is 2. The number of carbonyl (C=O) groups excluding carboxylic acids is 2. The molecular weight excluding hydrogens is 336 g/mol. The molecule has 3 rings (SSSR count). The molecule has 1 amide bonds. The van der Waals surface area contributed by atoms with Gasteiger partial charge >= 0.3 is 12.1 Å². The van der Waals surface area contributed by atoms with Crippen LogP contribution in [0.3, 0.4) is 0 Å². The Morgan fingerprint density at radius 3 is 2.50 bits per heavy atom. The summed E-state index contributed by atoms with van der Waals surface area (Å²) in [5.74, 6) is -0.426. The van der Waals surface area contributed by atoms with Crippen LogP contribution in [0.4, 0.5) is 10.5 Å². The first-order valence-corrected chi connectivity index (χ1v) is 8.57. The maximum Gasteiger partial charge on any atom is 0.410 e. The van der Waals surface area contributed by atoms with Crippen LogP contribution in [-0.2, 0) is 9.47 Å². The van der Waals surface area contributed by atoms with Crippen LogP contribution in [-0.4, -0.2) is 65.8 Å². The second-order valence-electron chi connectivity index (χ2n) is 7.21. The number of nitrogens with zero attached hydrogens (tertiary/aromatic N) is 3. The monoisotopic (exact) mass is 360 g/mol. The van der Waals surface area contributed by atoms with Gasteiger partial charge in [-0.2, -0.15) is 0 Å². The van der Waals surface area contributed by atoms with E-state index >= 15 is 0 Å². The van der Waals surface area contributed by atoms with Crippen molar-refractivity contribution in [1.82, 2.24) is 14.9 Å². The summed E-state index contributed by atoms with van der Waals surface area (Å²) in [6.45, 7) is 7.77. The van der Waals surface area contributed by atoms with Gasteiger partial charge in [0.2, 0.25) is 0 Å². The molecule has 1 saturated heterocycles. The lowest BCUT2D eigenvalue weighted by atomic mass is 10.1. The smallest absolute Gasteiger partial charge is 0.410 e. The van der Waals surface area contributed by atoms with E-state index in [0.717, 1.165) is 11.1 Å². The summed E-state index contributed by atoms with van der Waals surface area (Å²) in [4.78, 5) is 35.6. The predicted molar refractivity (Wildman–Crippen MR) is 97.5 cm³/mol. The van der Waals surface area contributed by atoms with Crippen molar-refractivity contribution in [1.29, 1.82) is 0 Å². The number of fused-ring (bicyclic) bond motifs is 1. The van der Waals surface area contributed by atoms with Crippen molar-refractivity contribution < 1.29 is 19.1 Å². The number of amides is 1. The van der Waals surface area contributed by atoms with E-state index in [0.29, 0.717) is 37.4 Å². The number of hydrogen-bond donors (Lipinski definition) is 1. The van der Waals surface area contributed by atoms with Gasteiger partial charge in [0.25, 0.3) is 0 Å². The molecule has 8 heteroatoms. The summed E-state index contributed by atoms with van der Waals surface area (Å²) < 4.78 is 10.3. The number of ether oxygens (including phenoxy) is 2. The fraction of sp³-hybridized carbons (Fsp3) is 0.500. The number of carbonyl (C=O) groups is 2. The van der Waals surface area contributed by atoms with Gasteiger partial charge in [-0.1, -0.05) is 0 Å². The van der Waals surface area contributed by atoms with Gasteiger partial charge in [-0.25, -0.2) is 14.6 Å². The number of esters is 1. The normalized spacial score (nSPS) is 15.2. The standard InChI is InChI=1S/C18H24N4O4/c1-18(2,3)26-17(24)22-9-7-21(8-10-22)14-12-5-6-19-15(12)20-11-13(14)16(23)25-4/h5-6,11H,7-10H2,1-4H3,(H,19,20). The van der Waals surface area contributed by atoms with Crippen molar-refractivity contribution >= 4 is 28.8 Å². The molecule has 0 unspecified atom stereocenters. The molecule has 0 bridgehead atoms. The number of anilines is 1. The van der Waals surface area contributed by atoms with Crippen LogP contribution in [0.25, 0.3) is 11.0 Å². The Morgan fingerprint density at radius 2 is 1.88 bits per heavy atom. The SMILES string of the molecule is COC(=O)c1cnc2[nH]ccc2c1N1CCN(C(=O)OC(C)(C)C)CC1. The Bertz CT molecular complexity index is 816. The Labute approximate surface area is 152 Å². The third-order valence-electron chi connectivity index (χ3n) is 4.21. The topological polar surface area (TPSA) is 87.8 Å². The Balaban J connectivity index is 1.82. The lowest BCUT2D eigenvalue weighted by Crippen LogP contribution is -2.50. The zero-order chi connectivity index (χ0) is 18.9. The van der Waals surface area contributed by atoms with E-state index in [9.17, 15) is 9.59 Å². The van der Waals surface area contributed by atoms with E-state index in [1.807, 2.05) is 26.8 Å². The molecule has 0 spiro atoms. The van der Waals surface area contributed by atoms with Gasteiger partial charge in [-0.3, -0.25) is 0 Å². The van der Waals surface area contributed by atoms with Crippen molar-refractivity contribution in [2.24, 2.45) is 0 Å². The molecule has 0 aliphatic carbocycles. The highest BCUT2D eigenvalue weighted by Crippen LogP contribution is 2.30. The zero-order valence-electron chi connectivity index (χ0n) is 15.5. The molecule has 1 N–H and O–H groups in total. The van der Waals surface area contributed by atoms with Crippen molar-refractivity contribution in [3.8, 4) is 0 Å². The molecule has 0 radical (unpaired) electrons. The maximum atomic E-state index is 12.2. The van der Waals surface area contributed by atoms with Gasteiger partial charge in [0, 0.05) is 44.0 Å². The molecule has 1 aliphatic heterocycles. The molecule has 3 heterocycles. The van der Waals surface area contributed by atoms with Gasteiger partial charge in [-0.05, 0) is 26.8 Å².